The lowest BCUT2D eigenvalue weighted by atomic mass is 10.2. The van der Waals surface area contributed by atoms with E-state index in [2.05, 4.69) is 0 Å². The van der Waals surface area contributed by atoms with E-state index in [1.807, 2.05) is 30.3 Å². The van der Waals surface area contributed by atoms with Crippen LogP contribution < -0.4 is 4.74 Å². The van der Waals surface area contributed by atoms with Crippen LogP contribution in [-0.4, -0.2) is 59.8 Å². The maximum absolute atomic E-state index is 12.7. The Morgan fingerprint density at radius 3 is 2.45 bits per heavy atom. The second-order valence-corrected chi connectivity index (χ2v) is 8.10. The monoisotopic (exact) mass is 438 g/mol. The number of carbonyl (C=O) groups is 3. The van der Waals surface area contributed by atoms with Crippen LogP contribution in [0, 0.1) is 0 Å². The predicted octanol–water partition coefficient (Wildman–Crippen LogP) is 3.16. The average molecular weight is 439 g/mol. The Balaban J connectivity index is 1.35. The zero-order valence-electron chi connectivity index (χ0n) is 16.9. The number of rotatable bonds is 6. The van der Waals surface area contributed by atoms with Crippen molar-refractivity contribution in [2.24, 2.45) is 0 Å². The molecule has 8 heteroatoms. The molecule has 31 heavy (non-hydrogen) atoms. The summed E-state index contributed by atoms with van der Waals surface area (Å²) in [5, 5.41) is -0.276. The molecule has 4 rings (SSSR count). The Bertz CT molecular complexity index is 985. The first-order valence-corrected chi connectivity index (χ1v) is 10.8. The summed E-state index contributed by atoms with van der Waals surface area (Å²) >= 11 is 0.937. The third-order valence-electron chi connectivity index (χ3n) is 4.96. The van der Waals surface area contributed by atoms with Gasteiger partial charge in [0.05, 0.1) is 24.7 Å². The topological polar surface area (TPSA) is 76.2 Å². The van der Waals surface area contributed by atoms with Crippen LogP contribution in [0.3, 0.4) is 0 Å². The van der Waals surface area contributed by atoms with Gasteiger partial charge in [0, 0.05) is 13.1 Å². The summed E-state index contributed by atoms with van der Waals surface area (Å²) in [6, 6.07) is 16.5. The first kappa shape index (κ1) is 21.1. The highest BCUT2D eigenvalue weighted by atomic mass is 32.2. The van der Waals surface area contributed by atoms with E-state index < -0.39 is 0 Å². The van der Waals surface area contributed by atoms with Gasteiger partial charge in [-0.1, -0.05) is 42.5 Å². The zero-order chi connectivity index (χ0) is 21.6. The van der Waals surface area contributed by atoms with Crippen molar-refractivity contribution < 1.29 is 23.9 Å². The quantitative estimate of drug-likeness (QED) is 0.645. The highest BCUT2D eigenvalue weighted by Crippen LogP contribution is 2.33. The van der Waals surface area contributed by atoms with Gasteiger partial charge in [0.25, 0.3) is 17.1 Å². The average Bonchev–Trinajstić information content (AvgIpc) is 3.07. The van der Waals surface area contributed by atoms with E-state index >= 15 is 0 Å². The minimum Gasteiger partial charge on any atom is -0.484 e. The van der Waals surface area contributed by atoms with Crippen LogP contribution in [0.2, 0.25) is 0 Å². The van der Waals surface area contributed by atoms with Gasteiger partial charge in [0.2, 0.25) is 0 Å². The van der Waals surface area contributed by atoms with Crippen molar-refractivity contribution in [3.63, 3.8) is 0 Å². The Morgan fingerprint density at radius 2 is 1.74 bits per heavy atom. The van der Waals surface area contributed by atoms with Crippen LogP contribution in [0.1, 0.15) is 11.1 Å². The number of morpholine rings is 1. The highest BCUT2D eigenvalue weighted by Gasteiger charge is 2.34. The van der Waals surface area contributed by atoms with Gasteiger partial charge in [-0.3, -0.25) is 19.3 Å². The standard InChI is InChI=1S/C23H22N2O5S/c26-21(24-10-12-29-13-11-24)16-30-19-8-6-17(7-9-19)14-20-22(27)25(23(28)31-20)15-18-4-2-1-3-5-18/h1-9,14H,10-13,15-16H2/b20-14+. The van der Waals surface area contributed by atoms with Gasteiger partial charge in [-0.25, -0.2) is 0 Å². The summed E-state index contributed by atoms with van der Waals surface area (Å²) in [6.45, 7) is 2.50. The fourth-order valence-electron chi connectivity index (χ4n) is 3.26. The van der Waals surface area contributed by atoms with E-state index in [9.17, 15) is 14.4 Å². The molecule has 0 N–H and O–H groups in total. The molecule has 7 nitrogen and oxygen atoms in total. The largest absolute Gasteiger partial charge is 0.484 e. The first-order valence-electron chi connectivity index (χ1n) is 9.98. The lowest BCUT2D eigenvalue weighted by molar-refractivity contribution is -0.137. The van der Waals surface area contributed by atoms with Gasteiger partial charge in [-0.05, 0) is 41.1 Å². The zero-order valence-corrected chi connectivity index (χ0v) is 17.7. The van der Waals surface area contributed by atoms with Crippen molar-refractivity contribution in [2.75, 3.05) is 32.9 Å². The van der Waals surface area contributed by atoms with Gasteiger partial charge in [-0.15, -0.1) is 0 Å². The number of hydrogen-bond donors (Lipinski definition) is 0. The lowest BCUT2D eigenvalue weighted by Gasteiger charge is -2.26. The molecule has 0 aliphatic carbocycles. The Kier molecular flexibility index (Phi) is 6.69. The third kappa shape index (κ3) is 5.34. The number of imide groups is 1. The number of thioether (sulfide) groups is 1. The molecule has 0 aromatic heterocycles. The molecular formula is C23H22N2O5S. The molecule has 2 saturated heterocycles. The molecule has 160 valence electrons. The maximum Gasteiger partial charge on any atom is 0.293 e. The van der Waals surface area contributed by atoms with Gasteiger partial charge >= 0.3 is 0 Å². The van der Waals surface area contributed by atoms with Gasteiger partial charge in [0.15, 0.2) is 6.61 Å². The summed E-state index contributed by atoms with van der Waals surface area (Å²) in [7, 11) is 0. The Labute approximate surface area is 184 Å². The van der Waals surface area contributed by atoms with Crippen molar-refractivity contribution >= 4 is 34.9 Å². The summed E-state index contributed by atoms with van der Waals surface area (Å²) < 4.78 is 10.8. The molecule has 2 aromatic rings. The first-order chi connectivity index (χ1) is 15.1. The number of carbonyl (C=O) groups excluding carboxylic acids is 3. The molecule has 2 heterocycles. The minimum atomic E-state index is -0.296. The molecule has 2 aromatic carbocycles. The van der Waals surface area contributed by atoms with Crippen molar-refractivity contribution in [1.82, 2.24) is 9.80 Å². The van der Waals surface area contributed by atoms with Crippen LogP contribution in [0.4, 0.5) is 4.79 Å². The molecule has 0 saturated carbocycles. The molecule has 0 radical (unpaired) electrons. The number of hydrogen-bond acceptors (Lipinski definition) is 6. The molecule has 2 fully saturated rings. The highest BCUT2D eigenvalue weighted by molar-refractivity contribution is 8.18. The normalized spacial score (nSPS) is 18.0. The number of nitrogens with zero attached hydrogens (tertiary/aromatic N) is 2. The van der Waals surface area contributed by atoms with E-state index in [1.54, 1.807) is 35.2 Å². The van der Waals surface area contributed by atoms with Crippen LogP contribution in [0.15, 0.2) is 59.5 Å². The van der Waals surface area contributed by atoms with Gasteiger partial charge < -0.3 is 14.4 Å². The molecule has 2 aliphatic heterocycles. The Morgan fingerprint density at radius 1 is 1.03 bits per heavy atom. The van der Waals surface area contributed by atoms with Crippen molar-refractivity contribution in [2.45, 2.75) is 6.54 Å². The van der Waals surface area contributed by atoms with Crippen molar-refractivity contribution in [3.05, 3.63) is 70.6 Å². The van der Waals surface area contributed by atoms with Crippen LogP contribution >= 0.6 is 11.8 Å². The van der Waals surface area contributed by atoms with Gasteiger partial charge in [0.1, 0.15) is 5.75 Å². The summed E-state index contributed by atoms with van der Waals surface area (Å²) in [5.74, 6) is 0.200. The molecule has 0 spiro atoms. The molecule has 0 unspecified atom stereocenters. The summed E-state index contributed by atoms with van der Waals surface area (Å²) in [5.41, 5.74) is 1.68. The molecule has 0 bridgehead atoms. The van der Waals surface area contributed by atoms with Crippen LogP contribution in [-0.2, 0) is 20.9 Å². The molecule has 0 atom stereocenters. The smallest absolute Gasteiger partial charge is 0.293 e. The van der Waals surface area contributed by atoms with Crippen LogP contribution in [0.5, 0.6) is 5.75 Å². The van der Waals surface area contributed by atoms with Crippen molar-refractivity contribution in [3.8, 4) is 5.75 Å². The minimum absolute atomic E-state index is 0.0300. The van der Waals surface area contributed by atoms with E-state index in [4.69, 9.17) is 9.47 Å². The SMILES string of the molecule is O=C(COc1ccc(/C=C2/SC(=O)N(Cc3ccccc3)C2=O)cc1)N1CCOCC1. The van der Waals surface area contributed by atoms with Gasteiger partial charge in [-0.2, -0.15) is 0 Å². The van der Waals surface area contributed by atoms with Crippen LogP contribution in [0.25, 0.3) is 6.08 Å². The fraction of sp³-hybridized carbons (Fsp3) is 0.261. The molecule has 3 amide bonds. The van der Waals surface area contributed by atoms with Crippen molar-refractivity contribution in [1.29, 1.82) is 0 Å². The number of amides is 3. The molecular weight excluding hydrogens is 416 g/mol. The van der Waals surface area contributed by atoms with E-state index in [0.29, 0.717) is 37.0 Å². The molecule has 2 aliphatic rings. The lowest BCUT2D eigenvalue weighted by Crippen LogP contribution is -2.42. The fourth-order valence-corrected chi connectivity index (χ4v) is 4.10. The van der Waals surface area contributed by atoms with E-state index in [0.717, 1.165) is 22.9 Å². The summed E-state index contributed by atoms with van der Waals surface area (Å²) in [6.07, 6.45) is 1.69. The number of ether oxygens (including phenoxy) is 2. The maximum atomic E-state index is 12.7. The van der Waals surface area contributed by atoms with E-state index in [1.165, 1.54) is 4.90 Å². The van der Waals surface area contributed by atoms with E-state index in [-0.39, 0.29) is 30.2 Å². The number of benzene rings is 2. The second-order valence-electron chi connectivity index (χ2n) is 7.10. The predicted molar refractivity (Wildman–Crippen MR) is 117 cm³/mol. The third-order valence-corrected chi connectivity index (χ3v) is 5.87. The Hall–Kier alpha value is -3.10. The summed E-state index contributed by atoms with van der Waals surface area (Å²) in [4.78, 5) is 40.5. The second kappa shape index (κ2) is 9.80.